The second kappa shape index (κ2) is 24.6. The number of hydrogen-bond donors (Lipinski definition) is 0. The van der Waals surface area contributed by atoms with Gasteiger partial charge in [-0.1, -0.05) is 147 Å². The first-order valence-corrected chi connectivity index (χ1v) is 28.1. The zero-order valence-electron chi connectivity index (χ0n) is 49.4. The van der Waals surface area contributed by atoms with Gasteiger partial charge in [-0.3, -0.25) is 14.4 Å². The van der Waals surface area contributed by atoms with Crippen LogP contribution in [0, 0.1) is 20.8 Å². The minimum absolute atomic E-state index is 0.0985. The van der Waals surface area contributed by atoms with Gasteiger partial charge in [0.2, 0.25) is 0 Å². The van der Waals surface area contributed by atoms with E-state index < -0.39 is 28.7 Å². The Hall–Kier alpha value is -10.2. The monoisotopic (exact) mass is 1140 g/mol. The van der Waals surface area contributed by atoms with E-state index in [2.05, 4.69) is 45.0 Å². The SMILES string of the molecule is COC(=O)c1cccc2c(COc3c(C)cc(C(C)(C)c4ccc(C(C)(c5cc(C)c(OCc6cccc7c(C(=O)OC)cccc67)c(C=O)c5)c5cc(C)c(OCc6cccc7c(C(=O)OC)cccc67)c(C=O)c5)cc4)cc3C=O)cccc12. The molecule has 0 aliphatic rings. The maximum Gasteiger partial charge on any atom is 0.338 e. The van der Waals surface area contributed by atoms with Crippen LogP contribution in [-0.4, -0.2) is 58.1 Å². The summed E-state index contributed by atoms with van der Waals surface area (Å²) >= 11 is 0. The molecule has 0 aromatic heterocycles. The van der Waals surface area contributed by atoms with Gasteiger partial charge in [0, 0.05) is 10.8 Å². The molecule has 0 radical (unpaired) electrons. The first-order valence-electron chi connectivity index (χ1n) is 28.1. The van der Waals surface area contributed by atoms with Crippen LogP contribution in [0.5, 0.6) is 17.2 Å². The van der Waals surface area contributed by atoms with Crippen LogP contribution < -0.4 is 14.2 Å². The van der Waals surface area contributed by atoms with Gasteiger partial charge >= 0.3 is 17.9 Å². The summed E-state index contributed by atoms with van der Waals surface area (Å²) in [6.45, 7) is 12.3. The lowest BCUT2D eigenvalue weighted by Crippen LogP contribution is -2.27. The summed E-state index contributed by atoms with van der Waals surface area (Å²) in [4.78, 5) is 77.7. The Balaban J connectivity index is 1.01. The predicted octanol–water partition coefficient (Wildman–Crippen LogP) is 15.3. The number of hydrogen-bond acceptors (Lipinski definition) is 12. The first kappa shape index (κ1) is 59.0. The number of carbonyl (C=O) groups excluding carboxylic acids is 6. The van der Waals surface area contributed by atoms with E-state index in [9.17, 15) is 28.8 Å². The number of esters is 3. The molecule has 0 spiro atoms. The average Bonchev–Trinajstić information content (AvgIpc) is 0.930. The molecule has 432 valence electrons. The Morgan fingerprint density at radius 3 is 0.977 bits per heavy atom. The zero-order chi connectivity index (χ0) is 61.0. The molecule has 0 N–H and O–H groups in total. The highest BCUT2D eigenvalue weighted by Crippen LogP contribution is 2.45. The van der Waals surface area contributed by atoms with Crippen LogP contribution in [0.1, 0.15) is 144 Å². The second-order valence-corrected chi connectivity index (χ2v) is 22.1. The quantitative estimate of drug-likeness (QED) is 0.0308. The maximum absolute atomic E-state index is 13.4. The van der Waals surface area contributed by atoms with Crippen molar-refractivity contribution >= 4 is 69.1 Å². The summed E-state index contributed by atoms with van der Waals surface area (Å²) in [5.41, 5.74) is 9.49. The summed E-state index contributed by atoms with van der Waals surface area (Å²) in [5.74, 6) is -0.0801. The van der Waals surface area contributed by atoms with Crippen molar-refractivity contribution in [2.75, 3.05) is 21.3 Å². The van der Waals surface area contributed by atoms with E-state index in [1.54, 1.807) is 30.3 Å². The molecule has 0 heterocycles. The van der Waals surface area contributed by atoms with Crippen molar-refractivity contribution in [2.45, 2.75) is 72.2 Å². The third-order valence-corrected chi connectivity index (χ3v) is 16.7. The van der Waals surface area contributed by atoms with Crippen molar-refractivity contribution in [3.05, 3.63) is 264 Å². The molecule has 12 heteroatoms. The molecule has 10 rings (SSSR count). The standard InChI is InChI=1S/C74H64O12/c1-44-32-55(35-50(38-75)67(44)84-41-47-16-10-22-61-58(47)19-13-25-64(61)70(78)81-7)73(4,5)53-28-30-54(31-29-53)74(6,56-33-45(2)68(51(36-56)39-76)85-42-48-17-11-23-62-59(48)20-14-26-65(62)71(79)82-8)57-34-46(3)69(52(37-57)40-77)86-43-49-18-12-24-63-60(49)21-15-27-66(63)72(80)83-9/h10-40H,41-43H2,1-9H3. The number of aldehydes is 3. The minimum Gasteiger partial charge on any atom is -0.488 e. The van der Waals surface area contributed by atoms with E-state index in [0.29, 0.717) is 72.5 Å². The van der Waals surface area contributed by atoms with E-state index in [4.69, 9.17) is 28.4 Å². The van der Waals surface area contributed by atoms with Crippen molar-refractivity contribution in [2.24, 2.45) is 0 Å². The normalized spacial score (nSPS) is 11.5. The topological polar surface area (TPSA) is 158 Å². The van der Waals surface area contributed by atoms with Crippen LogP contribution in [0.2, 0.25) is 0 Å². The van der Waals surface area contributed by atoms with Crippen molar-refractivity contribution < 1.29 is 57.2 Å². The Morgan fingerprint density at radius 1 is 0.360 bits per heavy atom. The van der Waals surface area contributed by atoms with E-state index in [1.165, 1.54) is 21.3 Å². The molecule has 0 saturated heterocycles. The van der Waals surface area contributed by atoms with Gasteiger partial charge in [0.05, 0.1) is 54.7 Å². The fourth-order valence-electron chi connectivity index (χ4n) is 11.9. The molecular weight excluding hydrogens is 1080 g/mol. The van der Waals surface area contributed by atoms with Crippen molar-refractivity contribution in [1.29, 1.82) is 0 Å². The van der Waals surface area contributed by atoms with Crippen LogP contribution in [0.25, 0.3) is 32.3 Å². The lowest BCUT2D eigenvalue weighted by molar-refractivity contribution is 0.0594. The number of aryl methyl sites for hydroxylation is 3. The van der Waals surface area contributed by atoms with Crippen LogP contribution in [-0.2, 0) is 44.9 Å². The van der Waals surface area contributed by atoms with Gasteiger partial charge < -0.3 is 28.4 Å². The molecule has 0 unspecified atom stereocenters. The molecule has 0 amide bonds. The van der Waals surface area contributed by atoms with Gasteiger partial charge in [-0.05, 0) is 158 Å². The smallest absolute Gasteiger partial charge is 0.338 e. The van der Waals surface area contributed by atoms with Crippen molar-refractivity contribution in [1.82, 2.24) is 0 Å². The Bertz CT molecular complexity index is 4180. The van der Waals surface area contributed by atoms with Gasteiger partial charge in [-0.15, -0.1) is 0 Å². The first-order chi connectivity index (χ1) is 41.5. The molecule has 0 aliphatic carbocycles. The van der Waals surface area contributed by atoms with E-state index in [0.717, 1.165) is 90.5 Å². The summed E-state index contributed by atoms with van der Waals surface area (Å²) in [7, 11) is 4.05. The predicted molar refractivity (Wildman–Crippen MR) is 333 cm³/mol. The molecule has 0 atom stereocenters. The van der Waals surface area contributed by atoms with Crippen LogP contribution >= 0.6 is 0 Å². The fraction of sp³-hybridized carbons (Fsp3) is 0.189. The maximum atomic E-state index is 13.4. The van der Waals surface area contributed by atoms with Crippen LogP contribution in [0.4, 0.5) is 0 Å². The molecule has 0 aliphatic heterocycles. The summed E-state index contributed by atoms with van der Waals surface area (Å²) < 4.78 is 34.7. The van der Waals surface area contributed by atoms with E-state index in [-0.39, 0.29) is 19.8 Å². The van der Waals surface area contributed by atoms with E-state index >= 15 is 0 Å². The van der Waals surface area contributed by atoms with Crippen molar-refractivity contribution in [3.8, 4) is 17.2 Å². The third kappa shape index (κ3) is 11.0. The van der Waals surface area contributed by atoms with Crippen molar-refractivity contribution in [3.63, 3.8) is 0 Å². The highest BCUT2D eigenvalue weighted by Gasteiger charge is 2.35. The summed E-state index contributed by atoms with van der Waals surface area (Å²) in [6, 6.07) is 53.1. The largest absolute Gasteiger partial charge is 0.488 e. The lowest BCUT2D eigenvalue weighted by Gasteiger charge is -2.35. The number of benzene rings is 10. The Kier molecular flexibility index (Phi) is 16.8. The molecular formula is C74H64O12. The van der Waals surface area contributed by atoms with Gasteiger partial charge in [0.1, 0.15) is 37.1 Å². The Morgan fingerprint density at radius 2 is 0.651 bits per heavy atom. The average molecular weight is 1150 g/mol. The van der Waals surface area contributed by atoms with E-state index in [1.807, 2.05) is 136 Å². The second-order valence-electron chi connectivity index (χ2n) is 22.1. The zero-order valence-corrected chi connectivity index (χ0v) is 49.4. The number of fused-ring (bicyclic) bond motifs is 3. The third-order valence-electron chi connectivity index (χ3n) is 16.7. The molecule has 0 saturated carbocycles. The Labute approximate surface area is 499 Å². The molecule has 0 fully saturated rings. The van der Waals surface area contributed by atoms with Crippen LogP contribution in [0.15, 0.2) is 170 Å². The van der Waals surface area contributed by atoms with Crippen LogP contribution in [0.3, 0.4) is 0 Å². The molecule has 0 bridgehead atoms. The fourth-order valence-corrected chi connectivity index (χ4v) is 11.9. The van der Waals surface area contributed by atoms with Gasteiger partial charge in [0.25, 0.3) is 0 Å². The molecule has 10 aromatic carbocycles. The summed E-state index contributed by atoms with van der Waals surface area (Å²) in [5, 5.41) is 4.64. The lowest BCUT2D eigenvalue weighted by atomic mass is 9.68. The number of methoxy groups -OCH3 is 3. The molecule has 10 aromatic rings. The number of rotatable bonds is 20. The number of carbonyl (C=O) groups is 6. The molecule has 12 nitrogen and oxygen atoms in total. The molecule has 86 heavy (non-hydrogen) atoms. The van der Waals surface area contributed by atoms with Gasteiger partial charge in [0.15, 0.2) is 18.9 Å². The number of ether oxygens (including phenoxy) is 6. The van der Waals surface area contributed by atoms with Gasteiger partial charge in [-0.2, -0.15) is 0 Å². The summed E-state index contributed by atoms with van der Waals surface area (Å²) in [6.07, 6.45) is 2.38. The van der Waals surface area contributed by atoms with Gasteiger partial charge in [-0.25, -0.2) is 14.4 Å². The highest BCUT2D eigenvalue weighted by molar-refractivity contribution is 6.07. The minimum atomic E-state index is -1.02. The highest BCUT2D eigenvalue weighted by atomic mass is 16.5.